The average Bonchev–Trinajstić information content (AvgIpc) is 3.00. The minimum absolute atomic E-state index is 0.0915. The Labute approximate surface area is 118 Å². The van der Waals surface area contributed by atoms with E-state index in [9.17, 15) is 5.11 Å². The van der Waals surface area contributed by atoms with Gasteiger partial charge in [0.2, 0.25) is 0 Å². The monoisotopic (exact) mass is 266 g/mol. The highest BCUT2D eigenvalue weighted by molar-refractivity contribution is 5.83. The Kier molecular flexibility index (Phi) is 3.07. The molecule has 2 unspecified atom stereocenters. The molecule has 2 aromatic carbocycles. The fraction of sp³-hybridized carbons (Fsp3) is 0.235. The van der Waals surface area contributed by atoms with E-state index in [1.165, 1.54) is 5.39 Å². The van der Waals surface area contributed by atoms with E-state index in [-0.39, 0.29) is 6.04 Å². The molecule has 2 atom stereocenters. The van der Waals surface area contributed by atoms with Crippen LogP contribution in [0.1, 0.15) is 25.5 Å². The predicted molar refractivity (Wildman–Crippen MR) is 80.5 cm³/mol. The van der Waals surface area contributed by atoms with Crippen molar-refractivity contribution in [3.05, 3.63) is 66.7 Å². The van der Waals surface area contributed by atoms with Gasteiger partial charge in [0, 0.05) is 12.4 Å². The summed E-state index contributed by atoms with van der Waals surface area (Å²) >= 11 is 0. The summed E-state index contributed by atoms with van der Waals surface area (Å²) in [5, 5.41) is 13.3. The molecular weight excluding hydrogens is 248 g/mol. The van der Waals surface area contributed by atoms with Crippen molar-refractivity contribution in [1.82, 2.24) is 9.55 Å². The molecule has 0 aliphatic rings. The first-order chi connectivity index (χ1) is 9.59. The molecule has 0 amide bonds. The van der Waals surface area contributed by atoms with Crippen LogP contribution in [0.4, 0.5) is 0 Å². The molecule has 0 saturated heterocycles. The van der Waals surface area contributed by atoms with Gasteiger partial charge in [0.15, 0.2) is 0 Å². The molecule has 3 rings (SSSR count). The first-order valence-electron chi connectivity index (χ1n) is 6.78. The summed E-state index contributed by atoms with van der Waals surface area (Å²) in [5.41, 5.74) is -0.0394. The molecule has 0 spiro atoms. The second kappa shape index (κ2) is 4.76. The van der Waals surface area contributed by atoms with Crippen molar-refractivity contribution in [1.29, 1.82) is 0 Å². The summed E-state index contributed by atoms with van der Waals surface area (Å²) in [7, 11) is 0. The maximum atomic E-state index is 10.9. The Balaban J connectivity index is 2.04. The lowest BCUT2D eigenvalue weighted by Gasteiger charge is -2.32. The van der Waals surface area contributed by atoms with Crippen LogP contribution >= 0.6 is 0 Å². The maximum absolute atomic E-state index is 10.9. The highest BCUT2D eigenvalue weighted by atomic mass is 16.3. The summed E-state index contributed by atoms with van der Waals surface area (Å²) in [6.07, 6.45) is 5.34. The van der Waals surface area contributed by atoms with Gasteiger partial charge in [-0.1, -0.05) is 36.4 Å². The van der Waals surface area contributed by atoms with Crippen LogP contribution < -0.4 is 0 Å². The number of hydrogen-bond acceptors (Lipinski definition) is 2. The van der Waals surface area contributed by atoms with E-state index in [1.54, 1.807) is 12.5 Å². The van der Waals surface area contributed by atoms with E-state index in [1.807, 2.05) is 42.8 Å². The Hall–Kier alpha value is -2.13. The number of aromatic nitrogens is 2. The van der Waals surface area contributed by atoms with Crippen molar-refractivity contribution in [2.24, 2.45) is 0 Å². The van der Waals surface area contributed by atoms with Crippen LogP contribution in [-0.2, 0) is 5.60 Å². The smallest absolute Gasteiger partial charge is 0.107 e. The normalized spacial score (nSPS) is 15.9. The molecule has 1 heterocycles. The zero-order chi connectivity index (χ0) is 14.2. The Morgan fingerprint density at radius 3 is 2.60 bits per heavy atom. The van der Waals surface area contributed by atoms with Crippen molar-refractivity contribution >= 4 is 10.8 Å². The van der Waals surface area contributed by atoms with Gasteiger partial charge >= 0.3 is 0 Å². The molecule has 0 radical (unpaired) electrons. The molecule has 102 valence electrons. The highest BCUT2D eigenvalue weighted by Crippen LogP contribution is 2.34. The lowest BCUT2D eigenvalue weighted by Crippen LogP contribution is -2.31. The van der Waals surface area contributed by atoms with Crippen molar-refractivity contribution in [2.75, 3.05) is 0 Å². The minimum atomic E-state index is -0.954. The van der Waals surface area contributed by atoms with Gasteiger partial charge in [-0.25, -0.2) is 4.98 Å². The molecule has 0 saturated carbocycles. The molecule has 0 aliphatic heterocycles. The van der Waals surface area contributed by atoms with Gasteiger partial charge in [0.1, 0.15) is 5.60 Å². The van der Waals surface area contributed by atoms with E-state index in [0.717, 1.165) is 10.9 Å². The second-order valence-electron chi connectivity index (χ2n) is 5.40. The summed E-state index contributed by atoms with van der Waals surface area (Å²) in [5.74, 6) is 0. The highest BCUT2D eigenvalue weighted by Gasteiger charge is 2.31. The molecule has 0 bridgehead atoms. The maximum Gasteiger partial charge on any atom is 0.107 e. The van der Waals surface area contributed by atoms with Crippen molar-refractivity contribution in [2.45, 2.75) is 25.5 Å². The van der Waals surface area contributed by atoms with E-state index in [0.29, 0.717) is 0 Å². The quantitative estimate of drug-likeness (QED) is 0.788. The molecule has 1 aromatic heterocycles. The molecule has 3 heteroatoms. The Bertz CT molecular complexity index is 717. The van der Waals surface area contributed by atoms with Gasteiger partial charge in [-0.15, -0.1) is 0 Å². The zero-order valence-corrected chi connectivity index (χ0v) is 11.7. The Morgan fingerprint density at radius 1 is 1.15 bits per heavy atom. The van der Waals surface area contributed by atoms with Crippen LogP contribution in [0.5, 0.6) is 0 Å². The molecule has 1 N–H and O–H groups in total. The summed E-state index contributed by atoms with van der Waals surface area (Å²) in [6.45, 7) is 3.85. The summed E-state index contributed by atoms with van der Waals surface area (Å²) in [4.78, 5) is 4.05. The SMILES string of the molecule is CC(n1ccnc1)C(C)(O)c1ccc2ccccc2c1. The molecule has 0 fully saturated rings. The fourth-order valence-corrected chi connectivity index (χ4v) is 2.53. The third-order valence-corrected chi connectivity index (χ3v) is 4.12. The van der Waals surface area contributed by atoms with Gasteiger partial charge in [-0.2, -0.15) is 0 Å². The van der Waals surface area contributed by atoms with Gasteiger partial charge in [0.25, 0.3) is 0 Å². The standard InChI is InChI=1S/C17H18N2O/c1-13(19-10-9-18-12-19)17(2,20)16-8-7-14-5-3-4-6-15(14)11-16/h3-13,20H,1-2H3. The third kappa shape index (κ3) is 2.10. The van der Waals surface area contributed by atoms with Crippen molar-refractivity contribution in [3.63, 3.8) is 0 Å². The first kappa shape index (κ1) is 12.9. The number of benzene rings is 2. The zero-order valence-electron chi connectivity index (χ0n) is 11.7. The van der Waals surface area contributed by atoms with Crippen molar-refractivity contribution < 1.29 is 5.11 Å². The molecule has 3 aromatic rings. The van der Waals surface area contributed by atoms with E-state index in [4.69, 9.17) is 0 Å². The largest absolute Gasteiger partial charge is 0.383 e. The number of rotatable bonds is 3. The van der Waals surface area contributed by atoms with E-state index >= 15 is 0 Å². The molecule has 3 nitrogen and oxygen atoms in total. The second-order valence-corrected chi connectivity index (χ2v) is 5.40. The topological polar surface area (TPSA) is 38.0 Å². The van der Waals surface area contributed by atoms with Crippen LogP contribution in [0, 0.1) is 0 Å². The van der Waals surface area contributed by atoms with Crippen LogP contribution in [0.25, 0.3) is 10.8 Å². The fourth-order valence-electron chi connectivity index (χ4n) is 2.53. The van der Waals surface area contributed by atoms with Gasteiger partial charge in [-0.05, 0) is 36.2 Å². The predicted octanol–water partition coefficient (Wildman–Crippen LogP) is 3.51. The van der Waals surface area contributed by atoms with Crippen LogP contribution in [0.3, 0.4) is 0 Å². The summed E-state index contributed by atoms with van der Waals surface area (Å²) < 4.78 is 1.93. The van der Waals surface area contributed by atoms with Crippen molar-refractivity contribution in [3.8, 4) is 0 Å². The first-order valence-corrected chi connectivity index (χ1v) is 6.78. The molecule has 20 heavy (non-hydrogen) atoms. The van der Waals surface area contributed by atoms with Crippen LogP contribution in [0.2, 0.25) is 0 Å². The number of imidazole rings is 1. The number of hydrogen-bond donors (Lipinski definition) is 1. The molecule has 0 aliphatic carbocycles. The van der Waals surface area contributed by atoms with E-state index in [2.05, 4.69) is 29.2 Å². The Morgan fingerprint density at radius 2 is 1.90 bits per heavy atom. The third-order valence-electron chi connectivity index (χ3n) is 4.12. The number of nitrogens with zero attached hydrogens (tertiary/aromatic N) is 2. The number of aliphatic hydroxyl groups is 1. The van der Waals surface area contributed by atoms with Gasteiger partial charge in [0.05, 0.1) is 12.4 Å². The molecular formula is C17H18N2O. The van der Waals surface area contributed by atoms with Crippen LogP contribution in [0.15, 0.2) is 61.2 Å². The number of fused-ring (bicyclic) bond motifs is 1. The van der Waals surface area contributed by atoms with Gasteiger partial charge in [-0.3, -0.25) is 0 Å². The minimum Gasteiger partial charge on any atom is -0.383 e. The van der Waals surface area contributed by atoms with Gasteiger partial charge < -0.3 is 9.67 Å². The lowest BCUT2D eigenvalue weighted by atomic mass is 9.87. The van der Waals surface area contributed by atoms with E-state index < -0.39 is 5.60 Å². The summed E-state index contributed by atoms with van der Waals surface area (Å²) in [6, 6.07) is 14.2. The lowest BCUT2D eigenvalue weighted by molar-refractivity contribution is 0.00750. The average molecular weight is 266 g/mol. The van der Waals surface area contributed by atoms with Crippen LogP contribution in [-0.4, -0.2) is 14.7 Å².